The minimum absolute atomic E-state index is 0.0661. The number of ketones is 2. The summed E-state index contributed by atoms with van der Waals surface area (Å²) in [6, 6.07) is 58.1. The molecule has 18 rings (SSSR count). The van der Waals surface area contributed by atoms with E-state index in [9.17, 15) is 10.5 Å². The van der Waals surface area contributed by atoms with Gasteiger partial charge in [-0.2, -0.15) is 0 Å². The van der Waals surface area contributed by atoms with Gasteiger partial charge in [-0.05, 0) is 246 Å². The van der Waals surface area contributed by atoms with Gasteiger partial charge in [-0.1, -0.05) is 388 Å². The van der Waals surface area contributed by atoms with Crippen molar-refractivity contribution in [3.63, 3.8) is 0 Å². The molecule has 0 bridgehead atoms. The lowest BCUT2D eigenvalue weighted by Crippen LogP contribution is -2.31. The maximum Gasteiger partial charge on any atom is 0.270 e. The molecule has 7 aromatic carbocycles. The van der Waals surface area contributed by atoms with Gasteiger partial charge >= 0.3 is 0 Å². The van der Waals surface area contributed by atoms with Crippen LogP contribution in [0.2, 0.25) is 0 Å². The number of nitrogens with zero attached hydrogens (tertiary/aromatic N) is 4. The van der Waals surface area contributed by atoms with Crippen molar-refractivity contribution in [1.82, 2.24) is 0 Å². The quantitative estimate of drug-likeness (QED) is 0.0164. The molecular weight excluding hydrogens is 1890 g/mol. The molecule has 0 spiro atoms. The van der Waals surface area contributed by atoms with Crippen molar-refractivity contribution in [2.45, 2.75) is 381 Å². The Morgan fingerprint density at radius 2 is 0.637 bits per heavy atom. The number of unbranched alkanes of at least 4 members (excludes halogenated alkanes) is 32. The summed E-state index contributed by atoms with van der Waals surface area (Å²) in [4.78, 5) is 46.6. The number of benzene rings is 7. The number of carbonyl (C=O) groups is 2. The third kappa shape index (κ3) is 22.0. The van der Waals surface area contributed by atoms with Crippen LogP contribution in [-0.4, -0.2) is 11.6 Å². The standard InChI is InChI=1S/C134H150N4O2S6/c1-11-19-27-35-43-55-89-67-90(56-44-36-28-20-12-2)72-101(71-89)133(102-73-91(57-45-37-29-21-13-3)68-92(74-102)58-46-38-30-22-14-4)119-125-115(85-105(141-125)83-111-117(113(87-135)137-9)107-79-97-63-51-53-65-99(97)81-109(107)123(111)139)143-127(119)129-121(133)131-132(145-129)122-130(146-131)128-120(126-116(144-128)86-106(142-126)84-112-118(114(88-136)138-10)108-80-98-64-52-54-66-100(98)82-110(108)124(112)140)134(122,103-75-93(59-47-39-31-23-15-5)69-94(76-103)60-48-40-32-24-16-6)104-77-95(61-49-41-33-25-17-7)70-96(78-104)62-50-42-34-26-18-8/h51-54,63-69,71-86,95H,11-50,55-62,70H2,1-8H3/b111-83-,112-84-,117-113+,118-114-. The van der Waals surface area contributed by atoms with Gasteiger partial charge in [-0.25, -0.2) is 20.2 Å². The van der Waals surface area contributed by atoms with E-state index in [1.807, 2.05) is 99.9 Å². The first-order valence-corrected chi connectivity index (χ1v) is 61.8. The van der Waals surface area contributed by atoms with E-state index >= 15 is 9.59 Å². The summed E-state index contributed by atoms with van der Waals surface area (Å²) < 4.78 is 7.68. The molecule has 0 radical (unpaired) electrons. The highest BCUT2D eigenvalue weighted by molar-refractivity contribution is 7.37. The largest absolute Gasteiger partial charge is 0.289 e. The molecule has 0 saturated heterocycles. The zero-order valence-electron chi connectivity index (χ0n) is 88.4. The van der Waals surface area contributed by atoms with Gasteiger partial charge in [0.25, 0.3) is 11.4 Å². The molecule has 6 nitrogen and oxygen atoms in total. The molecule has 2 atom stereocenters. The molecule has 0 amide bonds. The van der Waals surface area contributed by atoms with Crippen LogP contribution in [-0.2, 0) is 49.4 Å². The maximum absolute atomic E-state index is 15.7. The summed E-state index contributed by atoms with van der Waals surface area (Å²) in [7, 11) is 0. The minimum Gasteiger partial charge on any atom is -0.289 e. The first-order valence-electron chi connectivity index (χ1n) is 56.9. The fraction of sp³-hybridized carbons (Fsp3) is 0.448. The smallest absolute Gasteiger partial charge is 0.270 e. The predicted octanol–water partition coefficient (Wildman–Crippen LogP) is 42.0. The van der Waals surface area contributed by atoms with Gasteiger partial charge in [0.1, 0.15) is 0 Å². The highest BCUT2D eigenvalue weighted by Crippen LogP contribution is 2.73. The first-order chi connectivity index (χ1) is 71.7. The normalized spacial score (nSPS) is 16.7. The van der Waals surface area contributed by atoms with Crippen LogP contribution in [0.4, 0.5) is 0 Å². The van der Waals surface area contributed by atoms with Gasteiger partial charge in [-0.15, -0.1) is 68.0 Å². The zero-order valence-corrected chi connectivity index (χ0v) is 93.3. The number of nitriles is 2. The number of thiophene rings is 6. The van der Waals surface area contributed by atoms with Crippen molar-refractivity contribution in [2.75, 3.05) is 0 Å². The Labute approximate surface area is 896 Å². The van der Waals surface area contributed by atoms with E-state index in [2.05, 4.69) is 209 Å². The SMILES string of the molecule is [C-]#[N+]/C(C#N)=C1\C(=C\c2cc3sc4c(c3s2)C(C2=CC(CCCCCCC)CC(CCCCCCC)=C2)(c2cc(CCCCCCC)cc(CCCCCCC)c2)c2c-4sc3c4c(sc23)-c2sc3cc(/C=C5\C(=O)c6cc7ccccc7cc6\C5=C(\C#N)[N+]#[C-])sc3c2C4(c2cc(CCCCCCC)cc(CCCCCCC)c2)c2cc(CCCCCCC)cc(CCCCCCC)c2)C(=O)c2cc3ccccc3cc21. The zero-order chi connectivity index (χ0) is 101. The number of rotatable bonds is 54. The predicted molar refractivity (Wildman–Crippen MR) is 632 cm³/mol. The molecule has 5 aliphatic rings. The summed E-state index contributed by atoms with van der Waals surface area (Å²) in [6.45, 7) is 36.0. The molecule has 0 aliphatic heterocycles. The van der Waals surface area contributed by atoms with Gasteiger partial charge < -0.3 is 0 Å². The second-order valence-corrected chi connectivity index (χ2v) is 49.4. The second kappa shape index (κ2) is 49.9. The third-order valence-electron chi connectivity index (χ3n) is 32.4. The molecule has 13 aromatic rings. The Bertz CT molecular complexity index is 7140. The molecule has 754 valence electrons. The Morgan fingerprint density at radius 1 is 0.342 bits per heavy atom. The summed E-state index contributed by atoms with van der Waals surface area (Å²) >= 11 is 11.8. The van der Waals surface area contributed by atoms with E-state index in [-0.39, 0.29) is 23.0 Å². The third-order valence-corrected chi connectivity index (χ3v) is 40.0. The van der Waals surface area contributed by atoms with Gasteiger partial charge in [-0.3, -0.25) is 9.59 Å². The Morgan fingerprint density at radius 3 is 0.973 bits per heavy atom. The van der Waals surface area contributed by atoms with Crippen LogP contribution in [0.3, 0.4) is 0 Å². The van der Waals surface area contributed by atoms with Crippen LogP contribution in [0.1, 0.15) is 445 Å². The second-order valence-electron chi connectivity index (χ2n) is 43.1. The monoisotopic (exact) mass is 2040 g/mol. The molecule has 0 N–H and O–H groups in total. The van der Waals surface area contributed by atoms with Crippen molar-refractivity contribution in [3.05, 3.63) is 313 Å². The number of fused-ring (bicyclic) bond motifs is 17. The van der Waals surface area contributed by atoms with Gasteiger partial charge in [0.05, 0.1) is 74.4 Å². The number of Topliss-reactive ketones (excluding diaryl/α,β-unsaturated/α-hetero) is 2. The van der Waals surface area contributed by atoms with Crippen molar-refractivity contribution < 1.29 is 9.59 Å². The number of hydrogen-bond acceptors (Lipinski definition) is 10. The molecule has 0 saturated carbocycles. The Kier molecular flexibility index (Phi) is 36.1. The van der Waals surface area contributed by atoms with E-state index in [0.717, 1.165) is 128 Å². The summed E-state index contributed by atoms with van der Waals surface area (Å²) in [5, 5.41) is 26.0. The van der Waals surface area contributed by atoms with Crippen LogP contribution >= 0.6 is 68.0 Å². The van der Waals surface area contributed by atoms with Crippen LogP contribution in [0, 0.1) is 41.7 Å². The van der Waals surface area contributed by atoms with Crippen LogP contribution < -0.4 is 0 Å². The van der Waals surface area contributed by atoms with E-state index in [1.165, 1.54) is 344 Å². The number of carbonyl (C=O) groups excluding carboxylic acids is 2. The lowest BCUT2D eigenvalue weighted by molar-refractivity contribution is 0.103. The van der Waals surface area contributed by atoms with Crippen LogP contribution in [0.5, 0.6) is 0 Å². The van der Waals surface area contributed by atoms with Crippen molar-refractivity contribution in [2.24, 2.45) is 5.92 Å². The minimum atomic E-state index is -0.873. The molecular formula is C134H150N4O2S6. The fourth-order valence-corrected chi connectivity index (χ4v) is 33.8. The molecule has 6 aromatic heterocycles. The average molecular weight is 2040 g/mol. The van der Waals surface area contributed by atoms with E-state index in [0.29, 0.717) is 50.5 Å². The van der Waals surface area contributed by atoms with E-state index < -0.39 is 10.8 Å². The van der Waals surface area contributed by atoms with E-state index in [4.69, 9.17) is 13.1 Å². The Hall–Kier alpha value is -10.2. The highest BCUT2D eigenvalue weighted by atomic mass is 32.1. The number of allylic oxidation sites excluding steroid dienone is 10. The average Bonchev–Trinajstić information content (AvgIpc) is 1.47. The van der Waals surface area contributed by atoms with Crippen molar-refractivity contribution in [1.29, 1.82) is 10.5 Å². The molecule has 6 heterocycles. The van der Waals surface area contributed by atoms with Crippen molar-refractivity contribution >= 4 is 153 Å². The van der Waals surface area contributed by atoms with Gasteiger partial charge in [0, 0.05) is 74.8 Å². The summed E-state index contributed by atoms with van der Waals surface area (Å²) in [5.41, 5.74) is 23.6. The van der Waals surface area contributed by atoms with E-state index in [1.54, 1.807) is 5.57 Å². The lowest BCUT2D eigenvalue weighted by atomic mass is 9.64. The van der Waals surface area contributed by atoms with Crippen LogP contribution in [0.25, 0.3) is 102 Å². The topological polar surface area (TPSA) is 90.4 Å². The van der Waals surface area contributed by atoms with Gasteiger partial charge in [0.15, 0.2) is 11.6 Å². The number of hydrogen-bond donors (Lipinski definition) is 0. The first kappa shape index (κ1) is 106. The van der Waals surface area contributed by atoms with Gasteiger partial charge in [0.2, 0.25) is 0 Å². The highest BCUT2D eigenvalue weighted by Gasteiger charge is 2.58. The Balaban J connectivity index is 0.979. The summed E-state index contributed by atoms with van der Waals surface area (Å²) in [6.07, 6.45) is 67.3. The molecule has 5 aliphatic carbocycles. The molecule has 0 fully saturated rings. The maximum atomic E-state index is 15.7. The molecule has 2 unspecified atom stereocenters. The lowest BCUT2D eigenvalue weighted by Gasteiger charge is -2.38. The molecule has 146 heavy (non-hydrogen) atoms. The van der Waals surface area contributed by atoms with Crippen molar-refractivity contribution in [3.8, 4) is 31.6 Å². The number of aryl methyl sites for hydroxylation is 6. The van der Waals surface area contributed by atoms with Crippen LogP contribution in [0.15, 0.2) is 185 Å². The molecule has 12 heteroatoms. The summed E-state index contributed by atoms with van der Waals surface area (Å²) in [5.74, 6) is 0.0131. The fourth-order valence-electron chi connectivity index (χ4n) is 25.0.